The maximum atomic E-state index is 12.2. The van der Waals surface area contributed by atoms with Gasteiger partial charge in [-0.05, 0) is 30.2 Å². The highest BCUT2D eigenvalue weighted by Gasteiger charge is 2.31. The van der Waals surface area contributed by atoms with Crippen LogP contribution in [-0.4, -0.2) is 16.3 Å². The van der Waals surface area contributed by atoms with Gasteiger partial charge in [-0.1, -0.05) is 6.07 Å². The molecule has 0 saturated heterocycles. The van der Waals surface area contributed by atoms with Crippen molar-refractivity contribution in [3.63, 3.8) is 0 Å². The molecule has 1 heterocycles. The SMILES string of the molecule is Cc1cc(CNc2nc[c]cn2)cc(OC(F)(F)F)c1. The molecule has 105 valence electrons. The molecule has 0 spiro atoms. The second kappa shape index (κ2) is 5.77. The molecule has 0 fully saturated rings. The molecular formula is C13H11F3N3O. The molecule has 0 amide bonds. The van der Waals surface area contributed by atoms with Crippen LogP contribution >= 0.6 is 0 Å². The smallest absolute Gasteiger partial charge is 0.406 e. The lowest BCUT2D eigenvalue weighted by atomic mass is 10.1. The Morgan fingerprint density at radius 2 is 1.90 bits per heavy atom. The van der Waals surface area contributed by atoms with Crippen LogP contribution in [0.5, 0.6) is 5.75 Å². The van der Waals surface area contributed by atoms with E-state index in [0.717, 1.165) is 0 Å². The number of nitrogens with zero attached hydrogens (tertiary/aromatic N) is 2. The molecule has 0 aliphatic rings. The summed E-state index contributed by atoms with van der Waals surface area (Å²) < 4.78 is 40.5. The quantitative estimate of drug-likeness (QED) is 0.936. The summed E-state index contributed by atoms with van der Waals surface area (Å²) in [5.74, 6) is 0.139. The van der Waals surface area contributed by atoms with Gasteiger partial charge in [0.2, 0.25) is 5.95 Å². The van der Waals surface area contributed by atoms with Crippen LogP contribution < -0.4 is 10.1 Å². The first kappa shape index (κ1) is 14.1. The van der Waals surface area contributed by atoms with Gasteiger partial charge < -0.3 is 10.1 Å². The summed E-state index contributed by atoms with van der Waals surface area (Å²) in [6.07, 6.45) is -1.80. The number of anilines is 1. The van der Waals surface area contributed by atoms with Gasteiger partial charge in [0.1, 0.15) is 5.75 Å². The van der Waals surface area contributed by atoms with E-state index in [2.05, 4.69) is 26.1 Å². The highest BCUT2D eigenvalue weighted by atomic mass is 19.4. The first-order valence-electron chi connectivity index (χ1n) is 5.71. The van der Waals surface area contributed by atoms with E-state index in [0.29, 0.717) is 23.6 Å². The number of halogens is 3. The molecule has 2 aromatic rings. The molecule has 0 unspecified atom stereocenters. The van der Waals surface area contributed by atoms with Crippen molar-refractivity contribution in [2.45, 2.75) is 19.8 Å². The van der Waals surface area contributed by atoms with Gasteiger partial charge in [0.05, 0.1) is 0 Å². The molecule has 7 heteroatoms. The monoisotopic (exact) mass is 282 g/mol. The van der Waals surface area contributed by atoms with Gasteiger partial charge in [-0.3, -0.25) is 0 Å². The van der Waals surface area contributed by atoms with Gasteiger partial charge in [-0.25, -0.2) is 9.97 Å². The van der Waals surface area contributed by atoms with Crippen LogP contribution in [0.4, 0.5) is 19.1 Å². The number of hydrogen-bond acceptors (Lipinski definition) is 4. The summed E-state index contributed by atoms with van der Waals surface area (Å²) in [5, 5.41) is 2.90. The van der Waals surface area contributed by atoms with E-state index >= 15 is 0 Å². The highest BCUT2D eigenvalue weighted by molar-refractivity contribution is 5.36. The Bertz CT molecular complexity index is 573. The van der Waals surface area contributed by atoms with Crippen molar-refractivity contribution < 1.29 is 17.9 Å². The van der Waals surface area contributed by atoms with Crippen molar-refractivity contribution in [2.75, 3.05) is 5.32 Å². The van der Waals surface area contributed by atoms with E-state index < -0.39 is 6.36 Å². The molecule has 0 aliphatic heterocycles. The summed E-state index contributed by atoms with van der Waals surface area (Å²) in [5.41, 5.74) is 1.31. The lowest BCUT2D eigenvalue weighted by Crippen LogP contribution is -2.17. The predicted molar refractivity (Wildman–Crippen MR) is 66.1 cm³/mol. The first-order chi connectivity index (χ1) is 9.42. The van der Waals surface area contributed by atoms with E-state index in [4.69, 9.17) is 0 Å². The van der Waals surface area contributed by atoms with E-state index in [-0.39, 0.29) is 5.75 Å². The number of alkyl halides is 3. The van der Waals surface area contributed by atoms with Crippen LogP contribution in [0.1, 0.15) is 11.1 Å². The molecule has 1 aromatic carbocycles. The minimum absolute atomic E-state index is 0.239. The number of hydrogen-bond donors (Lipinski definition) is 1. The summed E-state index contributed by atoms with van der Waals surface area (Å²) in [7, 11) is 0. The largest absolute Gasteiger partial charge is 0.573 e. The number of nitrogens with one attached hydrogen (secondary N) is 1. The maximum Gasteiger partial charge on any atom is 0.573 e. The average molecular weight is 282 g/mol. The van der Waals surface area contributed by atoms with Crippen molar-refractivity contribution in [3.8, 4) is 5.75 Å². The Hall–Kier alpha value is -2.31. The summed E-state index contributed by atoms with van der Waals surface area (Å²) >= 11 is 0. The van der Waals surface area contributed by atoms with Crippen molar-refractivity contribution in [3.05, 3.63) is 47.8 Å². The van der Waals surface area contributed by atoms with E-state index in [1.807, 2.05) is 0 Å². The van der Waals surface area contributed by atoms with Crippen molar-refractivity contribution in [1.82, 2.24) is 9.97 Å². The van der Waals surface area contributed by atoms with Crippen LogP contribution in [0.25, 0.3) is 0 Å². The number of benzene rings is 1. The fourth-order valence-electron chi connectivity index (χ4n) is 1.66. The van der Waals surface area contributed by atoms with Gasteiger partial charge in [0, 0.05) is 25.0 Å². The van der Waals surface area contributed by atoms with Gasteiger partial charge in [0.15, 0.2) is 0 Å². The Balaban J connectivity index is 2.08. The molecule has 1 N–H and O–H groups in total. The average Bonchev–Trinajstić information content (AvgIpc) is 2.35. The highest BCUT2D eigenvalue weighted by Crippen LogP contribution is 2.25. The zero-order valence-corrected chi connectivity index (χ0v) is 10.5. The van der Waals surface area contributed by atoms with Crippen LogP contribution in [0.15, 0.2) is 30.6 Å². The predicted octanol–water partition coefficient (Wildman–Crippen LogP) is 3.10. The van der Waals surface area contributed by atoms with Crippen molar-refractivity contribution in [2.24, 2.45) is 0 Å². The van der Waals surface area contributed by atoms with Crippen molar-refractivity contribution >= 4 is 5.95 Å². The fourth-order valence-corrected chi connectivity index (χ4v) is 1.66. The van der Waals surface area contributed by atoms with Crippen LogP contribution in [0.2, 0.25) is 0 Å². The zero-order valence-electron chi connectivity index (χ0n) is 10.5. The Labute approximate surface area is 113 Å². The Morgan fingerprint density at radius 3 is 2.55 bits per heavy atom. The normalized spacial score (nSPS) is 11.2. The molecule has 0 bridgehead atoms. The van der Waals surface area contributed by atoms with Crippen molar-refractivity contribution in [1.29, 1.82) is 0 Å². The minimum atomic E-state index is -4.70. The van der Waals surface area contributed by atoms with Crippen LogP contribution in [0, 0.1) is 13.0 Å². The molecule has 0 saturated carbocycles. The van der Waals surface area contributed by atoms with Crippen LogP contribution in [0.3, 0.4) is 0 Å². The molecular weight excluding hydrogens is 271 g/mol. The lowest BCUT2D eigenvalue weighted by Gasteiger charge is -2.12. The van der Waals surface area contributed by atoms with Gasteiger partial charge in [-0.2, -0.15) is 0 Å². The zero-order chi connectivity index (χ0) is 14.6. The maximum absolute atomic E-state index is 12.2. The molecule has 1 aromatic heterocycles. The third-order valence-electron chi connectivity index (χ3n) is 2.32. The third kappa shape index (κ3) is 4.42. The Morgan fingerprint density at radius 1 is 1.20 bits per heavy atom. The topological polar surface area (TPSA) is 47.0 Å². The molecule has 0 atom stereocenters. The second-order valence-corrected chi connectivity index (χ2v) is 4.06. The van der Waals surface area contributed by atoms with Crippen LogP contribution in [-0.2, 0) is 6.54 Å². The minimum Gasteiger partial charge on any atom is -0.406 e. The van der Waals surface area contributed by atoms with Gasteiger partial charge in [-0.15, -0.1) is 13.2 Å². The Kier molecular flexibility index (Phi) is 4.07. The number of rotatable bonds is 4. The molecule has 4 nitrogen and oxygen atoms in total. The first-order valence-corrected chi connectivity index (χ1v) is 5.71. The van der Waals surface area contributed by atoms with E-state index in [1.54, 1.807) is 13.0 Å². The summed E-state index contributed by atoms with van der Waals surface area (Å²) in [4.78, 5) is 7.82. The van der Waals surface area contributed by atoms with E-state index in [1.165, 1.54) is 24.5 Å². The molecule has 20 heavy (non-hydrogen) atoms. The number of ether oxygens (including phenoxy) is 1. The molecule has 2 rings (SSSR count). The van der Waals surface area contributed by atoms with Gasteiger partial charge in [0.25, 0.3) is 0 Å². The third-order valence-corrected chi connectivity index (χ3v) is 2.32. The van der Waals surface area contributed by atoms with E-state index in [9.17, 15) is 13.2 Å². The van der Waals surface area contributed by atoms with Gasteiger partial charge >= 0.3 is 6.36 Å². The summed E-state index contributed by atoms with van der Waals surface area (Å²) in [6, 6.07) is 7.07. The molecule has 0 aliphatic carbocycles. The molecule has 1 radical (unpaired) electrons. The summed E-state index contributed by atoms with van der Waals surface area (Å²) in [6.45, 7) is 1.99. The fraction of sp³-hybridized carbons (Fsp3) is 0.231. The number of aromatic nitrogens is 2. The second-order valence-electron chi connectivity index (χ2n) is 4.06. The lowest BCUT2D eigenvalue weighted by molar-refractivity contribution is -0.274. The number of aryl methyl sites for hydroxylation is 1. The standard InChI is InChI=1S/C13H11F3N3O/c1-9-5-10(7-11(6-9)20-13(14,15)16)8-19-12-17-3-2-4-18-12/h3-7H,8H2,1H3,(H,17,18,19).